The third kappa shape index (κ3) is 3.00. The molecule has 0 saturated heterocycles. The quantitative estimate of drug-likeness (QED) is 0.687. The summed E-state index contributed by atoms with van der Waals surface area (Å²) in [6.45, 7) is 0.0970. The smallest absolute Gasteiger partial charge is 0.268 e. The Morgan fingerprint density at radius 3 is 2.62 bits per heavy atom. The Morgan fingerprint density at radius 2 is 1.90 bits per heavy atom. The van der Waals surface area contributed by atoms with Gasteiger partial charge in [-0.25, -0.2) is 0 Å². The van der Waals surface area contributed by atoms with Gasteiger partial charge in [-0.3, -0.25) is 4.68 Å². The summed E-state index contributed by atoms with van der Waals surface area (Å²) in [6.07, 6.45) is -2.65. The summed E-state index contributed by atoms with van der Waals surface area (Å²) in [5, 5.41) is 8.22. The van der Waals surface area contributed by atoms with Gasteiger partial charge in [-0.2, -0.15) is 29.6 Å². The monoisotopic (exact) mass is 308 g/mol. The van der Waals surface area contributed by atoms with Gasteiger partial charge in [0.1, 0.15) is 0 Å². The Bertz CT molecular complexity index is 729. The molecule has 0 saturated carbocycles. The molecule has 0 aliphatic rings. The van der Waals surface area contributed by atoms with Crippen LogP contribution >= 0.6 is 11.3 Å². The van der Waals surface area contributed by atoms with Crippen molar-refractivity contribution in [3.05, 3.63) is 64.5 Å². The van der Waals surface area contributed by atoms with Crippen LogP contribution in [0.2, 0.25) is 0 Å². The largest absolute Gasteiger partial charge is 0.416 e. The van der Waals surface area contributed by atoms with Gasteiger partial charge in [-0.15, -0.1) is 0 Å². The maximum atomic E-state index is 13.0. The molecule has 0 unspecified atom stereocenters. The predicted molar refractivity (Wildman–Crippen MR) is 76.1 cm³/mol. The molecule has 0 fully saturated rings. The normalized spacial score (nSPS) is 11.8. The Morgan fingerprint density at radius 1 is 1.10 bits per heavy atom. The topological polar surface area (TPSA) is 17.8 Å². The SMILES string of the molecule is FC(F)(F)c1ccccc1Cn1ccc(-c2ccsc2)n1. The molecule has 0 amide bonds. The van der Waals surface area contributed by atoms with E-state index in [0.717, 1.165) is 17.3 Å². The van der Waals surface area contributed by atoms with Gasteiger partial charge in [0, 0.05) is 17.1 Å². The average Bonchev–Trinajstić information content (AvgIpc) is 3.08. The van der Waals surface area contributed by atoms with E-state index in [1.54, 1.807) is 29.7 Å². The second-order valence-electron chi connectivity index (χ2n) is 4.57. The highest BCUT2D eigenvalue weighted by molar-refractivity contribution is 7.08. The molecule has 0 aliphatic carbocycles. The zero-order valence-corrected chi connectivity index (χ0v) is 11.7. The van der Waals surface area contributed by atoms with E-state index in [-0.39, 0.29) is 12.1 Å². The average molecular weight is 308 g/mol. The molecule has 3 rings (SSSR count). The maximum Gasteiger partial charge on any atom is 0.416 e. The number of halogens is 3. The Balaban J connectivity index is 1.88. The van der Waals surface area contributed by atoms with E-state index in [9.17, 15) is 13.2 Å². The van der Waals surface area contributed by atoms with Crippen molar-refractivity contribution in [2.45, 2.75) is 12.7 Å². The molecule has 0 bridgehead atoms. The van der Waals surface area contributed by atoms with Gasteiger partial charge in [0.15, 0.2) is 0 Å². The second-order valence-corrected chi connectivity index (χ2v) is 5.35. The Labute approximate surface area is 123 Å². The van der Waals surface area contributed by atoms with E-state index in [4.69, 9.17) is 0 Å². The minimum Gasteiger partial charge on any atom is -0.268 e. The molecule has 2 nitrogen and oxygen atoms in total. The van der Waals surface area contributed by atoms with Crippen molar-refractivity contribution in [1.82, 2.24) is 9.78 Å². The van der Waals surface area contributed by atoms with Crippen molar-refractivity contribution < 1.29 is 13.2 Å². The molecule has 0 N–H and O–H groups in total. The highest BCUT2D eigenvalue weighted by atomic mass is 32.1. The van der Waals surface area contributed by atoms with Crippen LogP contribution in [-0.2, 0) is 12.7 Å². The molecule has 6 heteroatoms. The number of aromatic nitrogens is 2. The molecule has 2 aromatic heterocycles. The Hall–Kier alpha value is -2.08. The lowest BCUT2D eigenvalue weighted by Crippen LogP contribution is -2.11. The lowest BCUT2D eigenvalue weighted by Gasteiger charge is -2.12. The zero-order valence-electron chi connectivity index (χ0n) is 10.8. The van der Waals surface area contributed by atoms with Crippen LogP contribution in [-0.4, -0.2) is 9.78 Å². The van der Waals surface area contributed by atoms with Crippen LogP contribution in [0, 0.1) is 0 Å². The Kier molecular flexibility index (Phi) is 3.55. The van der Waals surface area contributed by atoms with Gasteiger partial charge in [0.05, 0.1) is 17.8 Å². The third-order valence-electron chi connectivity index (χ3n) is 3.11. The molecular formula is C15H11F3N2S. The molecular weight excluding hydrogens is 297 g/mol. The van der Waals surface area contributed by atoms with Crippen LogP contribution in [0.1, 0.15) is 11.1 Å². The van der Waals surface area contributed by atoms with E-state index in [0.29, 0.717) is 0 Å². The molecule has 0 aliphatic heterocycles. The first-order chi connectivity index (χ1) is 10.0. The summed E-state index contributed by atoms with van der Waals surface area (Å²) >= 11 is 1.56. The minimum atomic E-state index is -4.35. The number of nitrogens with zero attached hydrogens (tertiary/aromatic N) is 2. The molecule has 0 atom stereocenters. The molecule has 0 spiro atoms. The third-order valence-corrected chi connectivity index (χ3v) is 3.80. The fourth-order valence-electron chi connectivity index (χ4n) is 2.12. The summed E-state index contributed by atoms with van der Waals surface area (Å²) in [4.78, 5) is 0. The van der Waals surface area contributed by atoms with E-state index in [1.807, 2.05) is 16.8 Å². The van der Waals surface area contributed by atoms with Crippen LogP contribution in [0.5, 0.6) is 0 Å². The van der Waals surface area contributed by atoms with Crippen molar-refractivity contribution in [2.24, 2.45) is 0 Å². The summed E-state index contributed by atoms with van der Waals surface area (Å²) < 4.78 is 40.4. The maximum absolute atomic E-state index is 13.0. The number of thiophene rings is 1. The van der Waals surface area contributed by atoms with Gasteiger partial charge >= 0.3 is 6.18 Å². The van der Waals surface area contributed by atoms with Crippen LogP contribution in [0.4, 0.5) is 13.2 Å². The van der Waals surface area contributed by atoms with Crippen LogP contribution < -0.4 is 0 Å². The number of alkyl halides is 3. The second kappa shape index (κ2) is 5.37. The molecule has 3 aromatic rings. The molecule has 2 heterocycles. The fraction of sp³-hybridized carbons (Fsp3) is 0.133. The van der Waals surface area contributed by atoms with Gasteiger partial charge in [-0.05, 0) is 29.1 Å². The first-order valence-corrected chi connectivity index (χ1v) is 7.19. The number of rotatable bonds is 3. The molecule has 108 valence electrons. The summed E-state index contributed by atoms with van der Waals surface area (Å²) in [6, 6.07) is 9.31. The molecule has 0 radical (unpaired) electrons. The summed E-state index contributed by atoms with van der Waals surface area (Å²) in [5.41, 5.74) is 1.34. The first-order valence-electron chi connectivity index (χ1n) is 6.25. The van der Waals surface area contributed by atoms with Crippen LogP contribution in [0.15, 0.2) is 53.4 Å². The molecule has 1 aromatic carbocycles. The standard InChI is InChI=1S/C15H11F3N2S/c16-15(17,18)13-4-2-1-3-11(13)9-20-7-5-14(19-20)12-6-8-21-10-12/h1-8,10H,9H2. The van der Waals surface area contributed by atoms with Crippen molar-refractivity contribution in [2.75, 3.05) is 0 Å². The van der Waals surface area contributed by atoms with Crippen molar-refractivity contribution >= 4 is 11.3 Å². The summed E-state index contributed by atoms with van der Waals surface area (Å²) in [5.74, 6) is 0. The predicted octanol–water partition coefficient (Wildman–Crippen LogP) is 4.68. The van der Waals surface area contributed by atoms with E-state index < -0.39 is 11.7 Å². The van der Waals surface area contributed by atoms with E-state index >= 15 is 0 Å². The molecule has 21 heavy (non-hydrogen) atoms. The highest BCUT2D eigenvalue weighted by Crippen LogP contribution is 2.32. The highest BCUT2D eigenvalue weighted by Gasteiger charge is 2.32. The number of benzene rings is 1. The van der Waals surface area contributed by atoms with Crippen LogP contribution in [0.25, 0.3) is 11.3 Å². The zero-order chi connectivity index (χ0) is 14.9. The van der Waals surface area contributed by atoms with Crippen LogP contribution in [0.3, 0.4) is 0 Å². The lowest BCUT2D eigenvalue weighted by atomic mass is 10.1. The minimum absolute atomic E-state index is 0.0970. The van der Waals surface area contributed by atoms with Crippen molar-refractivity contribution in [1.29, 1.82) is 0 Å². The first kappa shape index (κ1) is 13.9. The van der Waals surface area contributed by atoms with Gasteiger partial charge in [0.25, 0.3) is 0 Å². The van der Waals surface area contributed by atoms with E-state index in [1.165, 1.54) is 16.8 Å². The fourth-order valence-corrected chi connectivity index (χ4v) is 2.77. The van der Waals surface area contributed by atoms with E-state index in [2.05, 4.69) is 5.10 Å². The van der Waals surface area contributed by atoms with Gasteiger partial charge in [0.2, 0.25) is 0 Å². The lowest BCUT2D eigenvalue weighted by molar-refractivity contribution is -0.138. The van der Waals surface area contributed by atoms with Gasteiger partial charge < -0.3 is 0 Å². The van der Waals surface area contributed by atoms with Crippen molar-refractivity contribution in [3.63, 3.8) is 0 Å². The van der Waals surface area contributed by atoms with Crippen molar-refractivity contribution in [3.8, 4) is 11.3 Å². The summed E-state index contributed by atoms with van der Waals surface area (Å²) in [7, 11) is 0. The number of hydrogen-bond donors (Lipinski definition) is 0. The van der Waals surface area contributed by atoms with Gasteiger partial charge in [-0.1, -0.05) is 18.2 Å². The number of hydrogen-bond acceptors (Lipinski definition) is 2.